The van der Waals surface area contributed by atoms with Crippen LogP contribution < -0.4 is 5.73 Å². The monoisotopic (exact) mass is 288 g/mol. The van der Waals surface area contributed by atoms with Crippen molar-refractivity contribution in [1.29, 1.82) is 0 Å². The van der Waals surface area contributed by atoms with Gasteiger partial charge >= 0.3 is 0 Å². The number of hydrogen-bond donors (Lipinski definition) is 1. The number of aromatic nitrogens is 1. The first kappa shape index (κ1) is 12.1. The third-order valence-corrected chi connectivity index (χ3v) is 4.09. The number of carbonyl (C=O) groups excluding carboxylic acids is 1. The Morgan fingerprint density at radius 2 is 1.89 bits per heavy atom. The third-order valence-electron chi connectivity index (χ3n) is 2.77. The minimum Gasteiger partial charge on any atom is -0.366 e. The van der Waals surface area contributed by atoms with Crippen LogP contribution in [-0.2, 0) is 0 Å². The summed E-state index contributed by atoms with van der Waals surface area (Å²) in [6, 6.07) is 12.7. The van der Waals surface area contributed by atoms with Gasteiger partial charge in [-0.25, -0.2) is 4.98 Å². The predicted molar refractivity (Wildman–Crippen MR) is 78.6 cm³/mol. The van der Waals surface area contributed by atoms with Crippen LogP contribution >= 0.6 is 22.9 Å². The second kappa shape index (κ2) is 4.64. The van der Waals surface area contributed by atoms with E-state index >= 15 is 0 Å². The molecule has 0 atom stereocenters. The molecule has 19 heavy (non-hydrogen) atoms. The second-order valence-electron chi connectivity index (χ2n) is 4.07. The molecule has 0 unspecified atom stereocenters. The van der Waals surface area contributed by atoms with E-state index in [2.05, 4.69) is 4.98 Å². The minimum atomic E-state index is -0.428. The fraction of sp³-hybridized carbons (Fsp3) is 0. The van der Waals surface area contributed by atoms with E-state index in [0.717, 1.165) is 20.8 Å². The fourth-order valence-corrected chi connectivity index (χ4v) is 2.92. The Morgan fingerprint density at radius 3 is 2.58 bits per heavy atom. The van der Waals surface area contributed by atoms with E-state index in [4.69, 9.17) is 17.3 Å². The Kier molecular flexibility index (Phi) is 2.97. The Hall–Kier alpha value is -1.91. The lowest BCUT2D eigenvalue weighted by atomic mass is 10.1. The molecule has 5 heteroatoms. The molecule has 3 nitrogen and oxygen atoms in total. The number of hydrogen-bond acceptors (Lipinski definition) is 3. The van der Waals surface area contributed by atoms with Crippen molar-refractivity contribution >= 4 is 39.1 Å². The molecule has 94 valence electrons. The molecule has 2 N–H and O–H groups in total. The number of nitrogens with two attached hydrogens (primary N) is 1. The van der Waals surface area contributed by atoms with Crippen LogP contribution in [0, 0.1) is 0 Å². The van der Waals surface area contributed by atoms with Crippen molar-refractivity contribution in [2.45, 2.75) is 0 Å². The smallest absolute Gasteiger partial charge is 0.248 e. The summed E-state index contributed by atoms with van der Waals surface area (Å²) in [6.07, 6.45) is 0. The summed E-state index contributed by atoms with van der Waals surface area (Å²) in [4.78, 5) is 15.6. The summed E-state index contributed by atoms with van der Waals surface area (Å²) >= 11 is 7.53. The lowest BCUT2D eigenvalue weighted by molar-refractivity contribution is 0.100. The van der Waals surface area contributed by atoms with Crippen molar-refractivity contribution < 1.29 is 4.79 Å². The lowest BCUT2D eigenvalue weighted by Crippen LogP contribution is -2.10. The van der Waals surface area contributed by atoms with Crippen LogP contribution in [0.4, 0.5) is 0 Å². The molecule has 1 aromatic heterocycles. The van der Waals surface area contributed by atoms with Crippen LogP contribution in [0.1, 0.15) is 10.4 Å². The second-order valence-corrected chi connectivity index (χ2v) is 5.54. The van der Waals surface area contributed by atoms with Crippen LogP contribution in [0.3, 0.4) is 0 Å². The van der Waals surface area contributed by atoms with Gasteiger partial charge in [-0.15, -0.1) is 11.3 Å². The molecule has 2 aromatic carbocycles. The molecule has 3 rings (SSSR count). The number of primary amides is 1. The molecule has 0 saturated carbocycles. The number of amides is 1. The molecule has 0 saturated heterocycles. The molecule has 1 heterocycles. The zero-order valence-electron chi connectivity index (χ0n) is 9.76. The van der Waals surface area contributed by atoms with Gasteiger partial charge < -0.3 is 5.73 Å². The summed E-state index contributed by atoms with van der Waals surface area (Å²) in [5.74, 6) is -0.428. The van der Waals surface area contributed by atoms with Crippen LogP contribution in [0.2, 0.25) is 5.02 Å². The molecular weight excluding hydrogens is 280 g/mol. The van der Waals surface area contributed by atoms with Gasteiger partial charge in [0.15, 0.2) is 0 Å². The van der Waals surface area contributed by atoms with E-state index in [-0.39, 0.29) is 0 Å². The Morgan fingerprint density at radius 1 is 1.16 bits per heavy atom. The molecule has 0 radical (unpaired) electrons. The minimum absolute atomic E-state index is 0.428. The van der Waals surface area contributed by atoms with Crippen molar-refractivity contribution in [3.63, 3.8) is 0 Å². The number of fused-ring (bicyclic) bond motifs is 1. The zero-order valence-corrected chi connectivity index (χ0v) is 11.3. The lowest BCUT2D eigenvalue weighted by Gasteiger charge is -1.97. The van der Waals surface area contributed by atoms with Crippen molar-refractivity contribution in [1.82, 2.24) is 4.98 Å². The Balaban J connectivity index is 2.06. The van der Waals surface area contributed by atoms with E-state index in [1.54, 1.807) is 23.5 Å². The van der Waals surface area contributed by atoms with Gasteiger partial charge in [-0.05, 0) is 30.3 Å². The molecule has 0 aliphatic rings. The van der Waals surface area contributed by atoms with E-state index in [1.807, 2.05) is 30.3 Å². The van der Waals surface area contributed by atoms with Gasteiger partial charge in [0.05, 0.1) is 10.2 Å². The molecular formula is C14H9ClN2OS. The van der Waals surface area contributed by atoms with Gasteiger partial charge in [0.2, 0.25) is 5.91 Å². The number of halogens is 1. The SMILES string of the molecule is NC(=O)c1ccc(-c2nc3cc(Cl)ccc3s2)cc1. The first-order valence-corrected chi connectivity index (χ1v) is 6.79. The summed E-state index contributed by atoms with van der Waals surface area (Å²) in [7, 11) is 0. The van der Waals surface area contributed by atoms with Crippen LogP contribution in [0.5, 0.6) is 0 Å². The molecule has 3 aromatic rings. The van der Waals surface area contributed by atoms with E-state index in [9.17, 15) is 4.79 Å². The molecule has 1 amide bonds. The van der Waals surface area contributed by atoms with Gasteiger partial charge in [-0.2, -0.15) is 0 Å². The summed E-state index contributed by atoms with van der Waals surface area (Å²) in [5.41, 5.74) is 7.55. The highest BCUT2D eigenvalue weighted by Gasteiger charge is 2.07. The van der Waals surface area contributed by atoms with Gasteiger partial charge in [-0.3, -0.25) is 4.79 Å². The molecule has 0 aliphatic carbocycles. The molecule has 0 spiro atoms. The highest BCUT2D eigenvalue weighted by atomic mass is 35.5. The van der Waals surface area contributed by atoms with E-state index in [0.29, 0.717) is 10.6 Å². The summed E-state index contributed by atoms with van der Waals surface area (Å²) in [5, 5.41) is 1.57. The first-order valence-electron chi connectivity index (χ1n) is 5.60. The summed E-state index contributed by atoms with van der Waals surface area (Å²) in [6.45, 7) is 0. The van der Waals surface area contributed by atoms with Gasteiger partial charge in [0, 0.05) is 16.1 Å². The number of nitrogens with zero attached hydrogens (tertiary/aromatic N) is 1. The highest BCUT2D eigenvalue weighted by Crippen LogP contribution is 2.31. The average Bonchev–Trinajstić information content (AvgIpc) is 2.81. The van der Waals surface area contributed by atoms with Crippen molar-refractivity contribution in [3.05, 3.63) is 53.1 Å². The maximum Gasteiger partial charge on any atom is 0.248 e. The maximum atomic E-state index is 11.0. The zero-order chi connectivity index (χ0) is 13.4. The standard InChI is InChI=1S/C14H9ClN2OS/c15-10-5-6-12-11(7-10)17-14(19-12)9-3-1-8(2-4-9)13(16)18/h1-7H,(H2,16,18). The van der Waals surface area contributed by atoms with Crippen molar-refractivity contribution in [3.8, 4) is 10.6 Å². The topological polar surface area (TPSA) is 56.0 Å². The maximum absolute atomic E-state index is 11.0. The van der Waals surface area contributed by atoms with Crippen LogP contribution in [0.25, 0.3) is 20.8 Å². The number of rotatable bonds is 2. The molecule has 0 fully saturated rings. The van der Waals surface area contributed by atoms with Gasteiger partial charge in [-0.1, -0.05) is 23.7 Å². The van der Waals surface area contributed by atoms with E-state index < -0.39 is 5.91 Å². The van der Waals surface area contributed by atoms with E-state index in [1.165, 1.54) is 0 Å². The molecule has 0 bridgehead atoms. The van der Waals surface area contributed by atoms with Crippen LogP contribution in [-0.4, -0.2) is 10.9 Å². The summed E-state index contributed by atoms with van der Waals surface area (Å²) < 4.78 is 1.08. The van der Waals surface area contributed by atoms with Crippen molar-refractivity contribution in [2.75, 3.05) is 0 Å². The fourth-order valence-electron chi connectivity index (χ4n) is 1.80. The first-order chi connectivity index (χ1) is 9.13. The number of carbonyl (C=O) groups is 1. The Bertz CT molecular complexity index is 765. The molecule has 0 aliphatic heterocycles. The number of benzene rings is 2. The highest BCUT2D eigenvalue weighted by molar-refractivity contribution is 7.21. The van der Waals surface area contributed by atoms with Gasteiger partial charge in [0.1, 0.15) is 5.01 Å². The van der Waals surface area contributed by atoms with Crippen molar-refractivity contribution in [2.24, 2.45) is 5.73 Å². The predicted octanol–water partition coefficient (Wildman–Crippen LogP) is 3.72. The quantitative estimate of drug-likeness (QED) is 0.781. The Labute approximate surface area is 118 Å². The average molecular weight is 289 g/mol. The normalized spacial score (nSPS) is 10.8. The van der Waals surface area contributed by atoms with Crippen LogP contribution in [0.15, 0.2) is 42.5 Å². The third kappa shape index (κ3) is 2.32. The van der Waals surface area contributed by atoms with Gasteiger partial charge in [0.25, 0.3) is 0 Å². The largest absolute Gasteiger partial charge is 0.366 e. The number of thiazole rings is 1.